The fourth-order valence-corrected chi connectivity index (χ4v) is 2.52. The molecule has 2 aliphatic heterocycles. The molecule has 1 unspecified atom stereocenters. The number of fused-ring (bicyclic) bond motifs is 1. The Morgan fingerprint density at radius 2 is 2.16 bits per heavy atom. The summed E-state index contributed by atoms with van der Waals surface area (Å²) in [4.78, 5) is 22.6. The van der Waals surface area contributed by atoms with Crippen LogP contribution in [0.25, 0.3) is 0 Å². The van der Waals surface area contributed by atoms with Crippen LogP contribution in [0.3, 0.4) is 0 Å². The second kappa shape index (κ2) is 4.24. The average molecular weight is 261 g/mol. The van der Waals surface area contributed by atoms with Crippen LogP contribution >= 0.6 is 0 Å². The third kappa shape index (κ3) is 1.94. The lowest BCUT2D eigenvalue weighted by molar-refractivity contribution is -0.116. The highest BCUT2D eigenvalue weighted by Gasteiger charge is 2.41. The number of hydrogen-bond acceptors (Lipinski definition) is 4. The zero-order valence-corrected chi connectivity index (χ0v) is 10.4. The molecule has 6 heteroatoms. The van der Waals surface area contributed by atoms with Gasteiger partial charge in [0.05, 0.1) is 6.54 Å². The lowest BCUT2D eigenvalue weighted by Crippen LogP contribution is -2.38. The Balaban J connectivity index is 1.97. The number of nitrogens with two attached hydrogens (primary N) is 1. The first-order valence-electron chi connectivity index (χ1n) is 6.23. The molecule has 100 valence electrons. The van der Waals surface area contributed by atoms with E-state index in [1.165, 1.54) is 0 Å². The van der Waals surface area contributed by atoms with E-state index in [9.17, 15) is 9.59 Å². The summed E-state index contributed by atoms with van der Waals surface area (Å²) in [5.41, 5.74) is 7.71. The van der Waals surface area contributed by atoms with Gasteiger partial charge in [0.15, 0.2) is 5.60 Å². The molecule has 0 aromatic heterocycles. The van der Waals surface area contributed by atoms with E-state index in [-0.39, 0.29) is 12.5 Å². The van der Waals surface area contributed by atoms with Gasteiger partial charge in [0, 0.05) is 18.7 Å². The number of anilines is 1. The fraction of sp³-hybridized carbons (Fsp3) is 0.385. The van der Waals surface area contributed by atoms with Gasteiger partial charge in [-0.3, -0.25) is 4.79 Å². The van der Waals surface area contributed by atoms with E-state index in [2.05, 4.69) is 10.6 Å². The van der Waals surface area contributed by atoms with Crippen LogP contribution in [0, 0.1) is 0 Å². The summed E-state index contributed by atoms with van der Waals surface area (Å²) in [5, 5.41) is 5.46. The number of nitrogens with one attached hydrogen (secondary N) is 2. The summed E-state index contributed by atoms with van der Waals surface area (Å²) in [6, 6.07) is 5.64. The van der Waals surface area contributed by atoms with Gasteiger partial charge in [-0.1, -0.05) is 6.07 Å². The van der Waals surface area contributed by atoms with E-state index in [0.717, 1.165) is 16.8 Å². The number of benzene rings is 1. The van der Waals surface area contributed by atoms with Crippen molar-refractivity contribution in [2.45, 2.75) is 18.4 Å². The minimum Gasteiger partial charge on any atom is -0.435 e. The maximum atomic E-state index is 11.3. The predicted molar refractivity (Wildman–Crippen MR) is 68.6 cm³/mol. The third-order valence-corrected chi connectivity index (χ3v) is 3.66. The van der Waals surface area contributed by atoms with E-state index < -0.39 is 11.7 Å². The molecule has 1 saturated heterocycles. The van der Waals surface area contributed by atoms with Gasteiger partial charge in [0.2, 0.25) is 5.91 Å². The molecule has 6 nitrogen and oxygen atoms in total. The summed E-state index contributed by atoms with van der Waals surface area (Å²) >= 11 is 0. The van der Waals surface area contributed by atoms with Crippen molar-refractivity contribution in [3.63, 3.8) is 0 Å². The van der Waals surface area contributed by atoms with Crippen molar-refractivity contribution < 1.29 is 14.3 Å². The van der Waals surface area contributed by atoms with Crippen molar-refractivity contribution in [1.82, 2.24) is 5.32 Å². The molecule has 1 aromatic rings. The molecule has 1 fully saturated rings. The lowest BCUT2D eigenvalue weighted by atomic mass is 9.90. The average Bonchev–Trinajstić information content (AvgIpc) is 2.81. The fourth-order valence-electron chi connectivity index (χ4n) is 2.52. The highest BCUT2D eigenvalue weighted by atomic mass is 16.6. The Hall–Kier alpha value is -2.08. The maximum Gasteiger partial charge on any atom is 0.408 e. The van der Waals surface area contributed by atoms with Gasteiger partial charge < -0.3 is 21.1 Å². The minimum atomic E-state index is -0.798. The van der Waals surface area contributed by atoms with Crippen LogP contribution in [0.15, 0.2) is 18.2 Å². The Morgan fingerprint density at radius 1 is 1.32 bits per heavy atom. The highest BCUT2D eigenvalue weighted by Crippen LogP contribution is 2.32. The monoisotopic (exact) mass is 261 g/mol. The predicted octanol–water partition coefficient (Wildman–Crippen LogP) is 0.465. The van der Waals surface area contributed by atoms with E-state index in [4.69, 9.17) is 10.5 Å². The quantitative estimate of drug-likeness (QED) is 0.721. The van der Waals surface area contributed by atoms with Crippen LogP contribution in [0.1, 0.15) is 17.5 Å². The van der Waals surface area contributed by atoms with E-state index in [1.54, 1.807) is 0 Å². The van der Waals surface area contributed by atoms with Crippen molar-refractivity contribution in [2.24, 2.45) is 5.73 Å². The topological polar surface area (TPSA) is 93.5 Å². The standard InChI is InChI=1S/C13H15N3O3/c14-6-13(7-15-12(18)19-13)9-2-3-10-8(5-9)1-4-11(17)16-10/h2-3,5H,1,4,6-7,14H2,(H,15,18)(H,16,17). The van der Waals surface area contributed by atoms with Crippen LogP contribution in [0.4, 0.5) is 10.5 Å². The van der Waals surface area contributed by atoms with Crippen molar-refractivity contribution in [1.29, 1.82) is 0 Å². The van der Waals surface area contributed by atoms with Gasteiger partial charge in [-0.05, 0) is 29.7 Å². The molecule has 0 aliphatic carbocycles. The third-order valence-electron chi connectivity index (χ3n) is 3.66. The second-order valence-corrected chi connectivity index (χ2v) is 4.86. The molecule has 2 aliphatic rings. The molecule has 3 rings (SSSR count). The van der Waals surface area contributed by atoms with Gasteiger partial charge in [0.1, 0.15) is 0 Å². The first kappa shape index (κ1) is 12.0. The zero-order valence-electron chi connectivity index (χ0n) is 10.4. The van der Waals surface area contributed by atoms with Crippen LogP contribution in [0.5, 0.6) is 0 Å². The van der Waals surface area contributed by atoms with Crippen molar-refractivity contribution in [3.8, 4) is 0 Å². The normalized spacial score (nSPS) is 25.3. The first-order chi connectivity index (χ1) is 9.13. The molecule has 0 saturated carbocycles. The molecule has 0 radical (unpaired) electrons. The molecule has 2 heterocycles. The van der Waals surface area contributed by atoms with Crippen molar-refractivity contribution in [3.05, 3.63) is 29.3 Å². The number of ether oxygens (including phenoxy) is 1. The first-order valence-corrected chi connectivity index (χ1v) is 6.23. The number of hydrogen-bond donors (Lipinski definition) is 3. The Morgan fingerprint density at radius 3 is 2.84 bits per heavy atom. The maximum absolute atomic E-state index is 11.3. The van der Waals surface area contributed by atoms with E-state index >= 15 is 0 Å². The summed E-state index contributed by atoms with van der Waals surface area (Å²) in [7, 11) is 0. The van der Waals surface area contributed by atoms with Crippen LogP contribution in [0.2, 0.25) is 0 Å². The van der Waals surface area contributed by atoms with Gasteiger partial charge in [-0.15, -0.1) is 0 Å². The second-order valence-electron chi connectivity index (χ2n) is 4.86. The molecule has 0 spiro atoms. The number of cyclic esters (lactones) is 1. The number of alkyl carbamates (subject to hydrolysis) is 1. The van der Waals surface area contributed by atoms with Crippen molar-refractivity contribution in [2.75, 3.05) is 18.4 Å². The summed E-state index contributed by atoms with van der Waals surface area (Å²) < 4.78 is 5.33. The molecule has 0 bridgehead atoms. The van der Waals surface area contributed by atoms with E-state index in [1.807, 2.05) is 18.2 Å². The molecular weight excluding hydrogens is 246 g/mol. The molecular formula is C13H15N3O3. The SMILES string of the molecule is NCC1(c2ccc3c(c2)CCC(=O)N3)CNC(=O)O1. The lowest BCUT2D eigenvalue weighted by Gasteiger charge is -2.27. The summed E-state index contributed by atoms with van der Waals surface area (Å²) in [5.74, 6) is 0.0303. The largest absolute Gasteiger partial charge is 0.435 e. The van der Waals surface area contributed by atoms with Gasteiger partial charge >= 0.3 is 6.09 Å². The molecule has 1 aromatic carbocycles. The van der Waals surface area contributed by atoms with Gasteiger partial charge in [-0.2, -0.15) is 0 Å². The zero-order chi connectivity index (χ0) is 13.5. The molecule has 19 heavy (non-hydrogen) atoms. The Kier molecular flexibility index (Phi) is 2.67. The van der Waals surface area contributed by atoms with Crippen LogP contribution in [-0.2, 0) is 21.6 Å². The van der Waals surface area contributed by atoms with Crippen LogP contribution in [-0.4, -0.2) is 25.1 Å². The number of carbonyl (C=O) groups is 2. The molecule has 2 amide bonds. The highest BCUT2D eigenvalue weighted by molar-refractivity contribution is 5.93. The molecule has 1 atom stereocenters. The number of aryl methyl sites for hydroxylation is 1. The number of rotatable bonds is 2. The molecule has 4 N–H and O–H groups in total. The minimum absolute atomic E-state index is 0.0303. The summed E-state index contributed by atoms with van der Waals surface area (Å²) in [6.45, 7) is 0.588. The van der Waals surface area contributed by atoms with Gasteiger partial charge in [-0.25, -0.2) is 4.79 Å². The summed E-state index contributed by atoms with van der Waals surface area (Å²) in [6.07, 6.45) is 0.720. The van der Waals surface area contributed by atoms with Gasteiger partial charge in [0.25, 0.3) is 0 Å². The van der Waals surface area contributed by atoms with E-state index in [0.29, 0.717) is 19.4 Å². The Labute approximate surface area is 110 Å². The van der Waals surface area contributed by atoms with Crippen molar-refractivity contribution >= 4 is 17.7 Å². The smallest absolute Gasteiger partial charge is 0.408 e. The number of carbonyl (C=O) groups excluding carboxylic acids is 2. The van der Waals surface area contributed by atoms with Crippen LogP contribution < -0.4 is 16.4 Å². The number of amides is 2. The Bertz CT molecular complexity index is 558.